The number of thiazole rings is 1. The van der Waals surface area contributed by atoms with Gasteiger partial charge in [0.25, 0.3) is 0 Å². The van der Waals surface area contributed by atoms with E-state index in [1.165, 1.54) is 0 Å². The molecule has 0 unspecified atom stereocenters. The van der Waals surface area contributed by atoms with Gasteiger partial charge in [0.15, 0.2) is 0 Å². The zero-order chi connectivity index (χ0) is 19.3. The summed E-state index contributed by atoms with van der Waals surface area (Å²) in [6.07, 6.45) is 0. The van der Waals surface area contributed by atoms with Crippen LogP contribution in [0.4, 0.5) is 0 Å². The number of para-hydroxylation sites is 1. The molecule has 2 N–H and O–H groups in total. The number of aryl methyl sites for hydroxylation is 1. The van der Waals surface area contributed by atoms with Gasteiger partial charge in [-0.3, -0.25) is 0 Å². The molecule has 0 bridgehead atoms. The lowest BCUT2D eigenvalue weighted by Crippen LogP contribution is -1.98. The van der Waals surface area contributed by atoms with E-state index < -0.39 is 5.97 Å². The van der Waals surface area contributed by atoms with Crippen molar-refractivity contribution >= 4 is 38.6 Å². The Hall–Kier alpha value is -3.51. The van der Waals surface area contributed by atoms with E-state index in [2.05, 4.69) is 16.0 Å². The van der Waals surface area contributed by atoms with E-state index in [0.717, 1.165) is 37.4 Å². The number of hydrogen-bond acceptors (Lipinski definition) is 4. The third kappa shape index (κ3) is 2.75. The summed E-state index contributed by atoms with van der Waals surface area (Å²) >= 11 is 1.66. The quantitative estimate of drug-likeness (QED) is 0.429. The number of carboxylic acid groups (broad SMARTS) is 1. The van der Waals surface area contributed by atoms with E-state index in [0.29, 0.717) is 11.3 Å². The van der Waals surface area contributed by atoms with Crippen molar-refractivity contribution in [2.75, 3.05) is 0 Å². The second-order valence-electron chi connectivity index (χ2n) is 6.66. The number of aromatic carboxylic acids is 1. The van der Waals surface area contributed by atoms with Gasteiger partial charge in [-0.25, -0.2) is 14.8 Å². The lowest BCUT2D eigenvalue weighted by atomic mass is 10.1. The maximum absolute atomic E-state index is 11.5. The van der Waals surface area contributed by atoms with E-state index in [-0.39, 0.29) is 5.56 Å². The Morgan fingerprint density at radius 1 is 1.00 bits per heavy atom. The summed E-state index contributed by atoms with van der Waals surface area (Å²) in [7, 11) is 0. The molecule has 6 heteroatoms. The Labute approximate surface area is 164 Å². The van der Waals surface area contributed by atoms with Gasteiger partial charge in [-0.2, -0.15) is 0 Å². The lowest BCUT2D eigenvalue weighted by molar-refractivity contribution is 0.0698. The molecule has 2 aromatic heterocycles. The predicted octanol–water partition coefficient (Wildman–Crippen LogP) is 5.51. The van der Waals surface area contributed by atoms with E-state index in [4.69, 9.17) is 4.98 Å². The van der Waals surface area contributed by atoms with Crippen molar-refractivity contribution < 1.29 is 9.90 Å². The van der Waals surface area contributed by atoms with Crippen molar-refractivity contribution in [1.29, 1.82) is 0 Å². The molecule has 136 valence electrons. The summed E-state index contributed by atoms with van der Waals surface area (Å²) in [6.45, 7) is 1.87. The van der Waals surface area contributed by atoms with Crippen LogP contribution in [0.5, 0.6) is 0 Å². The number of rotatable bonds is 3. The van der Waals surface area contributed by atoms with Crippen LogP contribution < -0.4 is 0 Å². The highest BCUT2D eigenvalue weighted by Crippen LogP contribution is 2.31. The maximum atomic E-state index is 11.5. The first-order valence-electron chi connectivity index (χ1n) is 8.78. The number of nitrogens with one attached hydrogen (secondary N) is 1. The molecule has 0 radical (unpaired) electrons. The Morgan fingerprint density at radius 2 is 1.75 bits per heavy atom. The summed E-state index contributed by atoms with van der Waals surface area (Å²) < 4.78 is 1.16. The number of hydrogen-bond donors (Lipinski definition) is 2. The minimum atomic E-state index is -0.974. The molecule has 5 rings (SSSR count). The largest absolute Gasteiger partial charge is 0.478 e. The SMILES string of the molecule is Cc1cc(C(=O)O)c2nc(-c3ccc(-c4nc5ccccc5s4)cc3)[nH]c2c1. The Bertz CT molecular complexity index is 1320. The number of H-pyrrole nitrogens is 1. The molecule has 0 spiro atoms. The van der Waals surface area contributed by atoms with E-state index in [1.807, 2.05) is 55.5 Å². The van der Waals surface area contributed by atoms with Crippen LogP contribution in [0.3, 0.4) is 0 Å². The fourth-order valence-electron chi connectivity index (χ4n) is 3.33. The van der Waals surface area contributed by atoms with Gasteiger partial charge in [0, 0.05) is 11.1 Å². The zero-order valence-corrected chi connectivity index (χ0v) is 15.7. The highest BCUT2D eigenvalue weighted by Gasteiger charge is 2.15. The summed E-state index contributed by atoms with van der Waals surface area (Å²) in [6, 6.07) is 19.6. The van der Waals surface area contributed by atoms with Gasteiger partial charge in [-0.05, 0) is 36.8 Å². The van der Waals surface area contributed by atoms with Gasteiger partial charge < -0.3 is 10.1 Å². The predicted molar refractivity (Wildman–Crippen MR) is 112 cm³/mol. The first-order valence-corrected chi connectivity index (χ1v) is 9.60. The van der Waals surface area contributed by atoms with Crippen molar-refractivity contribution in [1.82, 2.24) is 15.0 Å². The summed E-state index contributed by atoms with van der Waals surface area (Å²) in [5.41, 5.74) is 5.24. The number of imidazole rings is 1. The van der Waals surface area contributed by atoms with Gasteiger partial charge in [0.2, 0.25) is 0 Å². The van der Waals surface area contributed by atoms with Crippen molar-refractivity contribution in [2.45, 2.75) is 6.92 Å². The van der Waals surface area contributed by atoms with Crippen molar-refractivity contribution in [3.05, 3.63) is 71.8 Å². The average molecular weight is 385 g/mol. The summed E-state index contributed by atoms with van der Waals surface area (Å²) in [5, 5.41) is 10.4. The molecule has 0 saturated carbocycles. The van der Waals surface area contributed by atoms with Crippen LogP contribution in [0.15, 0.2) is 60.7 Å². The fourth-order valence-corrected chi connectivity index (χ4v) is 4.30. The third-order valence-electron chi connectivity index (χ3n) is 4.66. The first-order chi connectivity index (χ1) is 13.6. The van der Waals surface area contributed by atoms with Gasteiger partial charge in [-0.1, -0.05) is 36.4 Å². The highest BCUT2D eigenvalue weighted by molar-refractivity contribution is 7.21. The van der Waals surface area contributed by atoms with Crippen LogP contribution in [-0.4, -0.2) is 26.0 Å². The van der Waals surface area contributed by atoms with Crippen LogP contribution in [-0.2, 0) is 0 Å². The van der Waals surface area contributed by atoms with Crippen molar-refractivity contribution in [2.24, 2.45) is 0 Å². The van der Waals surface area contributed by atoms with Crippen LogP contribution >= 0.6 is 11.3 Å². The minimum absolute atomic E-state index is 0.212. The number of carboxylic acids is 1. The van der Waals surface area contributed by atoms with E-state index >= 15 is 0 Å². The summed E-state index contributed by atoms with van der Waals surface area (Å²) in [5.74, 6) is -0.322. The van der Waals surface area contributed by atoms with Crippen LogP contribution in [0, 0.1) is 6.92 Å². The molecule has 28 heavy (non-hydrogen) atoms. The molecule has 0 fully saturated rings. The smallest absolute Gasteiger partial charge is 0.337 e. The average Bonchev–Trinajstić information content (AvgIpc) is 3.31. The van der Waals surface area contributed by atoms with Gasteiger partial charge >= 0.3 is 5.97 Å². The Morgan fingerprint density at radius 3 is 2.50 bits per heavy atom. The number of nitrogens with zero attached hydrogens (tertiary/aromatic N) is 2. The number of aromatic amines is 1. The van der Waals surface area contributed by atoms with Crippen LogP contribution in [0.1, 0.15) is 15.9 Å². The standard InChI is InChI=1S/C22H15N3O2S/c1-12-10-15(22(26)27)19-17(11-12)23-20(25-19)13-6-8-14(9-7-13)21-24-16-4-2-3-5-18(16)28-21/h2-11H,1H3,(H,23,25)(H,26,27). The molecule has 0 aliphatic rings. The monoisotopic (exact) mass is 385 g/mol. The molecule has 0 aliphatic heterocycles. The molecular formula is C22H15N3O2S. The summed E-state index contributed by atoms with van der Waals surface area (Å²) in [4.78, 5) is 24.0. The topological polar surface area (TPSA) is 78.9 Å². The molecule has 5 nitrogen and oxygen atoms in total. The molecular weight excluding hydrogens is 370 g/mol. The van der Waals surface area contributed by atoms with Crippen LogP contribution in [0.25, 0.3) is 43.2 Å². The Kier molecular flexibility index (Phi) is 3.74. The zero-order valence-electron chi connectivity index (χ0n) is 14.9. The van der Waals surface area contributed by atoms with Gasteiger partial charge in [-0.15, -0.1) is 11.3 Å². The van der Waals surface area contributed by atoms with Crippen molar-refractivity contribution in [3.63, 3.8) is 0 Å². The molecule has 3 aromatic carbocycles. The normalized spacial score (nSPS) is 11.3. The van der Waals surface area contributed by atoms with Gasteiger partial charge in [0.05, 0.1) is 21.3 Å². The molecule has 0 aliphatic carbocycles. The first kappa shape index (κ1) is 16.6. The number of carbonyl (C=O) groups is 1. The molecule has 0 atom stereocenters. The Balaban J connectivity index is 1.55. The molecule has 0 amide bonds. The molecule has 0 saturated heterocycles. The third-order valence-corrected chi connectivity index (χ3v) is 5.75. The lowest BCUT2D eigenvalue weighted by Gasteiger charge is -1.99. The van der Waals surface area contributed by atoms with E-state index in [9.17, 15) is 9.90 Å². The van der Waals surface area contributed by atoms with Crippen molar-refractivity contribution in [3.8, 4) is 22.0 Å². The number of aromatic nitrogens is 3. The molecule has 2 heterocycles. The number of fused-ring (bicyclic) bond motifs is 2. The van der Waals surface area contributed by atoms with E-state index in [1.54, 1.807) is 17.4 Å². The van der Waals surface area contributed by atoms with Crippen LogP contribution in [0.2, 0.25) is 0 Å². The number of benzene rings is 3. The highest BCUT2D eigenvalue weighted by atomic mass is 32.1. The fraction of sp³-hybridized carbons (Fsp3) is 0.0455. The minimum Gasteiger partial charge on any atom is -0.478 e. The second kappa shape index (κ2) is 6.28. The van der Waals surface area contributed by atoms with Gasteiger partial charge in [0.1, 0.15) is 16.3 Å². The molecule has 5 aromatic rings. The second-order valence-corrected chi connectivity index (χ2v) is 7.69. The maximum Gasteiger partial charge on any atom is 0.337 e.